The molecule has 1 aromatic heterocycles. The van der Waals surface area contributed by atoms with Gasteiger partial charge in [0.2, 0.25) is 0 Å². The quantitative estimate of drug-likeness (QED) is 0.490. The minimum Gasteiger partial charge on any atom is -0.504 e. The maximum atomic E-state index is 12.7. The minimum atomic E-state index is -0.613. The first kappa shape index (κ1) is 21.0. The van der Waals surface area contributed by atoms with Gasteiger partial charge in [0.1, 0.15) is 5.75 Å². The van der Waals surface area contributed by atoms with Crippen LogP contribution in [0.4, 0.5) is 0 Å². The summed E-state index contributed by atoms with van der Waals surface area (Å²) in [4.78, 5) is 24.8. The molecular weight excluding hydrogens is 388 g/mol. The Kier molecular flexibility index (Phi) is 6.46. The molecule has 0 aliphatic carbocycles. The van der Waals surface area contributed by atoms with E-state index in [2.05, 4.69) is 10.2 Å². The molecule has 0 fully saturated rings. The average Bonchev–Trinajstić information content (AvgIpc) is 3.12. The minimum absolute atomic E-state index is 0.0567. The number of hydrogen-bond donors (Lipinski definition) is 3. The third-order valence-corrected chi connectivity index (χ3v) is 4.99. The van der Waals surface area contributed by atoms with Gasteiger partial charge in [-0.25, -0.2) is 0 Å². The van der Waals surface area contributed by atoms with E-state index in [9.17, 15) is 14.7 Å². The second-order valence-corrected chi connectivity index (χ2v) is 6.76. The summed E-state index contributed by atoms with van der Waals surface area (Å²) in [7, 11) is 4.34. The van der Waals surface area contributed by atoms with Crippen molar-refractivity contribution in [2.24, 2.45) is 0 Å². The Morgan fingerprint density at radius 1 is 1.03 bits per heavy atom. The fraction of sp³-hybridized carbons (Fsp3) is 0.273. The van der Waals surface area contributed by atoms with E-state index in [1.165, 1.54) is 20.3 Å². The van der Waals surface area contributed by atoms with Gasteiger partial charge in [0.15, 0.2) is 11.5 Å². The molecule has 0 aliphatic rings. The van der Waals surface area contributed by atoms with Crippen molar-refractivity contribution in [3.8, 4) is 17.2 Å². The predicted octanol–water partition coefficient (Wildman–Crippen LogP) is 2.71. The van der Waals surface area contributed by atoms with E-state index in [1.807, 2.05) is 24.3 Å². The SMILES string of the molecule is COC(=O)CC(c1ccc(OC)c(O)c1)c1c(Cc2ccc(OC)cc2)[nH][nH]c1=O. The van der Waals surface area contributed by atoms with E-state index < -0.39 is 11.9 Å². The van der Waals surface area contributed by atoms with Gasteiger partial charge >= 0.3 is 5.97 Å². The first-order chi connectivity index (χ1) is 14.5. The molecule has 0 aliphatic heterocycles. The Labute approximate surface area is 173 Å². The van der Waals surface area contributed by atoms with E-state index in [-0.39, 0.29) is 17.7 Å². The number of H-pyrrole nitrogens is 2. The smallest absolute Gasteiger partial charge is 0.306 e. The molecule has 0 saturated carbocycles. The van der Waals surface area contributed by atoms with Crippen molar-refractivity contribution in [3.05, 3.63) is 75.2 Å². The van der Waals surface area contributed by atoms with Gasteiger partial charge in [-0.1, -0.05) is 18.2 Å². The number of benzene rings is 2. The van der Waals surface area contributed by atoms with Crippen molar-refractivity contribution in [1.29, 1.82) is 0 Å². The fourth-order valence-corrected chi connectivity index (χ4v) is 3.42. The van der Waals surface area contributed by atoms with Crippen molar-refractivity contribution < 1.29 is 24.1 Å². The molecule has 0 radical (unpaired) electrons. The first-order valence-electron chi connectivity index (χ1n) is 9.32. The highest BCUT2D eigenvalue weighted by atomic mass is 16.5. The Bertz CT molecular complexity index is 1070. The molecule has 0 bridgehead atoms. The van der Waals surface area contributed by atoms with E-state index >= 15 is 0 Å². The number of methoxy groups -OCH3 is 3. The maximum Gasteiger partial charge on any atom is 0.306 e. The zero-order valence-electron chi connectivity index (χ0n) is 17.0. The van der Waals surface area contributed by atoms with Crippen LogP contribution in [0.25, 0.3) is 0 Å². The van der Waals surface area contributed by atoms with Crippen LogP contribution in [0.15, 0.2) is 47.3 Å². The fourth-order valence-electron chi connectivity index (χ4n) is 3.42. The molecule has 0 spiro atoms. The molecule has 0 saturated heterocycles. The van der Waals surface area contributed by atoms with Crippen LogP contribution in [0, 0.1) is 0 Å². The number of hydrogen-bond acceptors (Lipinski definition) is 6. The Hall–Kier alpha value is -3.68. The van der Waals surface area contributed by atoms with Gasteiger partial charge in [-0.15, -0.1) is 0 Å². The van der Waals surface area contributed by atoms with Crippen molar-refractivity contribution in [1.82, 2.24) is 10.2 Å². The van der Waals surface area contributed by atoms with E-state index in [1.54, 1.807) is 19.2 Å². The lowest BCUT2D eigenvalue weighted by molar-refractivity contribution is -0.140. The number of ether oxygens (including phenoxy) is 3. The van der Waals surface area contributed by atoms with Crippen LogP contribution in [0.2, 0.25) is 0 Å². The lowest BCUT2D eigenvalue weighted by Crippen LogP contribution is -2.18. The molecule has 2 aromatic carbocycles. The zero-order chi connectivity index (χ0) is 21.7. The number of nitrogens with one attached hydrogen (secondary N) is 2. The summed E-state index contributed by atoms with van der Waals surface area (Å²) in [5.74, 6) is -0.117. The molecule has 1 atom stereocenters. The van der Waals surface area contributed by atoms with E-state index in [0.717, 1.165) is 11.3 Å². The van der Waals surface area contributed by atoms with E-state index in [4.69, 9.17) is 14.2 Å². The zero-order valence-corrected chi connectivity index (χ0v) is 17.0. The van der Waals surface area contributed by atoms with Crippen molar-refractivity contribution in [2.75, 3.05) is 21.3 Å². The molecule has 8 nitrogen and oxygen atoms in total. The van der Waals surface area contributed by atoms with Crippen LogP contribution in [-0.4, -0.2) is 42.6 Å². The number of phenolic OH excluding ortho intramolecular Hbond substituents is 1. The predicted molar refractivity (Wildman–Crippen MR) is 110 cm³/mol. The van der Waals surface area contributed by atoms with Gasteiger partial charge in [-0.3, -0.25) is 14.7 Å². The standard InChI is InChI=1S/C22H24N2O6/c1-28-15-7-4-13(5-8-15)10-17-21(22(27)24-23-17)16(12-20(26)30-3)14-6-9-19(29-2)18(25)11-14/h4-9,11,16,25H,10,12H2,1-3H3,(H2,23,24,27). The molecular formula is C22H24N2O6. The van der Waals surface area contributed by atoms with Gasteiger partial charge in [0.05, 0.1) is 27.8 Å². The second-order valence-electron chi connectivity index (χ2n) is 6.76. The number of carbonyl (C=O) groups excluding carboxylic acids is 1. The number of aromatic amines is 2. The van der Waals surface area contributed by atoms with Crippen LogP contribution in [0.5, 0.6) is 17.2 Å². The maximum absolute atomic E-state index is 12.7. The third kappa shape index (κ3) is 4.48. The molecule has 3 rings (SSSR count). The van der Waals surface area contributed by atoms with Crippen LogP contribution in [-0.2, 0) is 16.0 Å². The highest BCUT2D eigenvalue weighted by molar-refractivity contribution is 5.71. The Balaban J connectivity index is 2.02. The summed E-state index contributed by atoms with van der Waals surface area (Å²) >= 11 is 0. The number of carbonyl (C=O) groups is 1. The number of aromatic hydroxyl groups is 1. The summed E-state index contributed by atoms with van der Waals surface area (Å²) in [6.07, 6.45) is 0.386. The molecule has 1 heterocycles. The van der Waals surface area contributed by atoms with Crippen molar-refractivity contribution in [3.63, 3.8) is 0 Å². The first-order valence-corrected chi connectivity index (χ1v) is 9.32. The van der Waals surface area contributed by atoms with Gasteiger partial charge in [0, 0.05) is 23.6 Å². The number of rotatable bonds is 8. The highest BCUT2D eigenvalue weighted by Gasteiger charge is 2.26. The molecule has 30 heavy (non-hydrogen) atoms. The third-order valence-electron chi connectivity index (χ3n) is 4.99. The van der Waals surface area contributed by atoms with Crippen LogP contribution in [0.3, 0.4) is 0 Å². The molecule has 0 amide bonds. The van der Waals surface area contributed by atoms with Gasteiger partial charge in [-0.2, -0.15) is 0 Å². The molecule has 8 heteroatoms. The summed E-state index contributed by atoms with van der Waals surface area (Å²) in [5, 5.41) is 15.7. The van der Waals surface area contributed by atoms with Crippen LogP contribution >= 0.6 is 0 Å². The summed E-state index contributed by atoms with van der Waals surface area (Å²) < 4.78 is 15.1. The lowest BCUT2D eigenvalue weighted by atomic mass is 9.87. The Morgan fingerprint density at radius 2 is 1.77 bits per heavy atom. The topological polar surface area (TPSA) is 114 Å². The van der Waals surface area contributed by atoms with Gasteiger partial charge in [0.25, 0.3) is 5.56 Å². The number of aromatic nitrogens is 2. The summed E-state index contributed by atoms with van der Waals surface area (Å²) in [5.41, 5.74) is 2.29. The van der Waals surface area contributed by atoms with Gasteiger partial charge < -0.3 is 24.4 Å². The molecule has 3 aromatic rings. The monoisotopic (exact) mass is 412 g/mol. The number of phenols is 1. The van der Waals surface area contributed by atoms with Crippen LogP contribution < -0.4 is 15.0 Å². The van der Waals surface area contributed by atoms with Crippen molar-refractivity contribution in [2.45, 2.75) is 18.8 Å². The summed E-state index contributed by atoms with van der Waals surface area (Å²) in [6, 6.07) is 12.3. The van der Waals surface area contributed by atoms with Crippen LogP contribution in [0.1, 0.15) is 34.7 Å². The normalized spacial score (nSPS) is 11.7. The molecule has 3 N–H and O–H groups in total. The Morgan fingerprint density at radius 3 is 2.37 bits per heavy atom. The average molecular weight is 412 g/mol. The highest BCUT2D eigenvalue weighted by Crippen LogP contribution is 2.35. The molecule has 1 unspecified atom stereocenters. The largest absolute Gasteiger partial charge is 0.504 e. The second kappa shape index (κ2) is 9.21. The van der Waals surface area contributed by atoms with E-state index in [0.29, 0.717) is 29.0 Å². The lowest BCUT2D eigenvalue weighted by Gasteiger charge is -2.17. The number of esters is 1. The summed E-state index contributed by atoms with van der Waals surface area (Å²) in [6.45, 7) is 0. The molecule has 158 valence electrons. The van der Waals surface area contributed by atoms with Crippen molar-refractivity contribution >= 4 is 5.97 Å². The van der Waals surface area contributed by atoms with Gasteiger partial charge in [-0.05, 0) is 35.4 Å².